The maximum Gasteiger partial charge on any atom is 0.310 e. The Bertz CT molecular complexity index is 947. The van der Waals surface area contributed by atoms with E-state index in [1.807, 2.05) is 24.3 Å². The van der Waals surface area contributed by atoms with Crippen molar-refractivity contribution in [1.29, 1.82) is 0 Å². The molecular formula is C20H18N2O5. The molecule has 3 rings (SSSR count). The lowest BCUT2D eigenvalue weighted by atomic mass is 10.1. The predicted molar refractivity (Wildman–Crippen MR) is 99.9 cm³/mol. The third-order valence-electron chi connectivity index (χ3n) is 3.94. The quantitative estimate of drug-likeness (QED) is 0.488. The van der Waals surface area contributed by atoms with E-state index in [9.17, 15) is 14.9 Å². The Balaban J connectivity index is 1.62. The Morgan fingerprint density at radius 1 is 1.11 bits per heavy atom. The van der Waals surface area contributed by atoms with Crippen molar-refractivity contribution in [3.05, 3.63) is 87.9 Å². The number of rotatable bonds is 7. The molecule has 2 aromatic carbocycles. The number of hydrogen-bond donors (Lipinski definition) is 1. The van der Waals surface area contributed by atoms with E-state index in [-0.39, 0.29) is 29.7 Å². The Morgan fingerprint density at radius 2 is 1.85 bits per heavy atom. The van der Waals surface area contributed by atoms with E-state index in [1.54, 1.807) is 18.2 Å². The number of carbonyl (C=O) groups excluding carboxylic acids is 1. The minimum atomic E-state index is -0.514. The first-order chi connectivity index (χ1) is 13.1. The number of benzene rings is 2. The minimum absolute atomic E-state index is 0.0245. The normalized spacial score (nSPS) is 10.4. The third kappa shape index (κ3) is 4.52. The summed E-state index contributed by atoms with van der Waals surface area (Å²) in [6.45, 7) is 2.04. The third-order valence-corrected chi connectivity index (χ3v) is 3.94. The molecule has 0 radical (unpaired) electrons. The van der Waals surface area contributed by atoms with Crippen molar-refractivity contribution >= 4 is 17.3 Å². The molecule has 3 aromatic rings. The van der Waals surface area contributed by atoms with E-state index >= 15 is 0 Å². The van der Waals surface area contributed by atoms with E-state index in [4.69, 9.17) is 9.15 Å². The molecule has 27 heavy (non-hydrogen) atoms. The van der Waals surface area contributed by atoms with Gasteiger partial charge in [0.1, 0.15) is 12.4 Å². The van der Waals surface area contributed by atoms with Crippen LogP contribution >= 0.6 is 0 Å². The largest absolute Gasteiger partial charge is 0.479 e. The average Bonchev–Trinajstić information content (AvgIpc) is 3.16. The van der Waals surface area contributed by atoms with Crippen LogP contribution in [0.15, 0.2) is 65.1 Å². The van der Waals surface area contributed by atoms with Gasteiger partial charge in [0.25, 0.3) is 5.91 Å². The van der Waals surface area contributed by atoms with Gasteiger partial charge in [-0.25, -0.2) is 0 Å². The lowest BCUT2D eigenvalue weighted by molar-refractivity contribution is -0.386. The van der Waals surface area contributed by atoms with E-state index in [0.29, 0.717) is 11.4 Å². The Hall–Kier alpha value is -3.61. The Kier molecular flexibility index (Phi) is 5.51. The first-order valence-corrected chi connectivity index (χ1v) is 8.42. The molecule has 0 aliphatic heterocycles. The zero-order valence-corrected chi connectivity index (χ0v) is 14.7. The highest BCUT2D eigenvalue weighted by molar-refractivity contribution is 6.02. The molecule has 1 N–H and O–H groups in total. The number of nitro groups is 1. The van der Waals surface area contributed by atoms with Gasteiger partial charge >= 0.3 is 5.69 Å². The number of aryl methyl sites for hydroxylation is 1. The number of amides is 1. The summed E-state index contributed by atoms with van der Waals surface area (Å²) < 4.78 is 10.9. The van der Waals surface area contributed by atoms with Crippen LogP contribution in [0.1, 0.15) is 28.8 Å². The number of carbonyl (C=O) groups is 1. The van der Waals surface area contributed by atoms with Crippen molar-refractivity contribution in [3.8, 4) is 5.75 Å². The summed E-state index contributed by atoms with van der Waals surface area (Å²) >= 11 is 0. The van der Waals surface area contributed by atoms with Crippen molar-refractivity contribution in [2.75, 3.05) is 5.32 Å². The molecule has 0 spiro atoms. The van der Waals surface area contributed by atoms with Gasteiger partial charge in [0.15, 0.2) is 11.5 Å². The molecule has 7 nitrogen and oxygen atoms in total. The number of nitrogens with one attached hydrogen (secondary N) is 1. The van der Waals surface area contributed by atoms with E-state index < -0.39 is 4.92 Å². The van der Waals surface area contributed by atoms with Gasteiger partial charge in [-0.15, -0.1) is 0 Å². The lowest BCUT2D eigenvalue weighted by Gasteiger charge is -2.05. The molecule has 0 bridgehead atoms. The number of para-hydroxylation sites is 2. The van der Waals surface area contributed by atoms with Crippen LogP contribution in [0.25, 0.3) is 0 Å². The number of nitrogens with zero attached hydrogens (tertiary/aromatic N) is 1. The van der Waals surface area contributed by atoms with Gasteiger partial charge < -0.3 is 14.5 Å². The topological polar surface area (TPSA) is 94.6 Å². The van der Waals surface area contributed by atoms with Crippen LogP contribution in [0.5, 0.6) is 5.75 Å². The summed E-state index contributed by atoms with van der Waals surface area (Å²) in [4.78, 5) is 22.7. The minimum Gasteiger partial charge on any atom is -0.479 e. The van der Waals surface area contributed by atoms with Crippen LogP contribution in [0.3, 0.4) is 0 Å². The van der Waals surface area contributed by atoms with Crippen LogP contribution in [-0.2, 0) is 13.0 Å². The molecule has 0 saturated heterocycles. The highest BCUT2D eigenvalue weighted by atomic mass is 16.6. The number of ether oxygens (including phenoxy) is 1. The predicted octanol–water partition coefficient (Wildman–Crippen LogP) is 4.58. The molecule has 138 valence electrons. The van der Waals surface area contributed by atoms with Crippen LogP contribution in [0.4, 0.5) is 11.4 Å². The standard InChI is InChI=1S/C20H18N2O5/c1-2-14-7-9-15(10-8-14)21-20(23)19-12-11-16(27-19)13-26-18-6-4-3-5-17(18)22(24)25/h3-12H,2,13H2,1H3,(H,21,23). The Labute approximate surface area is 155 Å². The first kappa shape index (κ1) is 18.2. The van der Waals surface area contributed by atoms with Gasteiger partial charge in [0.05, 0.1) is 4.92 Å². The zero-order valence-electron chi connectivity index (χ0n) is 14.7. The van der Waals surface area contributed by atoms with Crippen molar-refractivity contribution < 1.29 is 18.9 Å². The van der Waals surface area contributed by atoms with Gasteiger partial charge in [-0.05, 0) is 42.3 Å². The number of anilines is 1. The average molecular weight is 366 g/mol. The maximum atomic E-state index is 12.3. The molecule has 0 unspecified atom stereocenters. The van der Waals surface area contributed by atoms with E-state index in [0.717, 1.165) is 6.42 Å². The van der Waals surface area contributed by atoms with Crippen LogP contribution < -0.4 is 10.1 Å². The summed E-state index contributed by atoms with van der Waals surface area (Å²) in [6, 6.07) is 16.8. The zero-order chi connectivity index (χ0) is 19.2. The smallest absolute Gasteiger partial charge is 0.310 e. The molecule has 0 atom stereocenters. The molecule has 7 heteroatoms. The number of nitro benzene ring substituents is 1. The lowest BCUT2D eigenvalue weighted by Crippen LogP contribution is -2.10. The molecule has 0 aliphatic carbocycles. The molecule has 0 fully saturated rings. The SMILES string of the molecule is CCc1ccc(NC(=O)c2ccc(COc3ccccc3[N+](=O)[O-])o2)cc1. The van der Waals surface area contributed by atoms with Crippen LogP contribution in [0.2, 0.25) is 0 Å². The highest BCUT2D eigenvalue weighted by Crippen LogP contribution is 2.27. The summed E-state index contributed by atoms with van der Waals surface area (Å²) in [7, 11) is 0. The summed E-state index contributed by atoms with van der Waals surface area (Å²) in [5.41, 5.74) is 1.73. The van der Waals surface area contributed by atoms with E-state index in [2.05, 4.69) is 12.2 Å². The van der Waals surface area contributed by atoms with Gasteiger partial charge in [-0.3, -0.25) is 14.9 Å². The fourth-order valence-electron chi connectivity index (χ4n) is 2.47. The van der Waals surface area contributed by atoms with Gasteiger partial charge in [-0.1, -0.05) is 31.2 Å². The van der Waals surface area contributed by atoms with Crippen molar-refractivity contribution in [3.63, 3.8) is 0 Å². The molecule has 1 heterocycles. The van der Waals surface area contributed by atoms with Crippen LogP contribution in [-0.4, -0.2) is 10.8 Å². The monoisotopic (exact) mass is 366 g/mol. The Morgan fingerprint density at radius 3 is 2.56 bits per heavy atom. The van der Waals surface area contributed by atoms with Gasteiger partial charge in [-0.2, -0.15) is 0 Å². The molecule has 0 aliphatic rings. The first-order valence-electron chi connectivity index (χ1n) is 8.42. The fraction of sp³-hybridized carbons (Fsp3) is 0.150. The van der Waals surface area contributed by atoms with Crippen molar-refractivity contribution in [1.82, 2.24) is 0 Å². The summed E-state index contributed by atoms with van der Waals surface area (Å²) in [6.07, 6.45) is 0.926. The van der Waals surface area contributed by atoms with Crippen molar-refractivity contribution in [2.45, 2.75) is 20.0 Å². The van der Waals surface area contributed by atoms with Gasteiger partial charge in [0, 0.05) is 11.8 Å². The van der Waals surface area contributed by atoms with Gasteiger partial charge in [0.2, 0.25) is 0 Å². The molecular weight excluding hydrogens is 348 g/mol. The molecule has 0 saturated carbocycles. The van der Waals surface area contributed by atoms with E-state index in [1.165, 1.54) is 23.8 Å². The second-order valence-electron chi connectivity index (χ2n) is 5.78. The molecule has 1 amide bonds. The molecule has 1 aromatic heterocycles. The second kappa shape index (κ2) is 8.18. The number of furan rings is 1. The fourth-order valence-corrected chi connectivity index (χ4v) is 2.47. The highest BCUT2D eigenvalue weighted by Gasteiger charge is 2.16. The summed E-state index contributed by atoms with van der Waals surface area (Å²) in [5, 5.41) is 13.7. The number of hydrogen-bond acceptors (Lipinski definition) is 5. The maximum absolute atomic E-state index is 12.3. The van der Waals surface area contributed by atoms with Crippen LogP contribution in [0, 0.1) is 10.1 Å². The second-order valence-corrected chi connectivity index (χ2v) is 5.78. The van der Waals surface area contributed by atoms with Crippen molar-refractivity contribution in [2.24, 2.45) is 0 Å². The summed E-state index contributed by atoms with van der Waals surface area (Å²) in [5.74, 6) is 0.285.